The second-order valence-electron chi connectivity index (χ2n) is 4.72. The van der Waals surface area contributed by atoms with Gasteiger partial charge in [-0.3, -0.25) is 5.84 Å². The Balaban J connectivity index is 2.29. The minimum Gasteiger partial charge on any atom is -0.496 e. The second-order valence-corrected chi connectivity index (χ2v) is 4.72. The van der Waals surface area contributed by atoms with E-state index in [1.165, 1.54) is 24.8 Å². The van der Waals surface area contributed by atoms with Crippen molar-refractivity contribution in [2.75, 3.05) is 7.11 Å². The highest BCUT2D eigenvalue weighted by Crippen LogP contribution is 2.33. The molecule has 1 aliphatic carbocycles. The lowest BCUT2D eigenvalue weighted by Crippen LogP contribution is -2.29. The molecule has 0 aromatic heterocycles. The van der Waals surface area contributed by atoms with Crippen LogP contribution in [0, 0.1) is 0 Å². The monoisotopic (exact) mass is 246 g/mol. The third kappa shape index (κ3) is 2.92. The molecule has 0 saturated carbocycles. The van der Waals surface area contributed by atoms with E-state index in [2.05, 4.69) is 17.6 Å². The van der Waals surface area contributed by atoms with E-state index in [-0.39, 0.29) is 6.04 Å². The molecule has 1 aromatic rings. The molecule has 1 aromatic carbocycles. The predicted molar refractivity (Wildman–Crippen MR) is 74.2 cm³/mol. The first-order chi connectivity index (χ1) is 8.86. The van der Waals surface area contributed by atoms with E-state index >= 15 is 0 Å². The summed E-state index contributed by atoms with van der Waals surface area (Å²) in [7, 11) is 1.70. The number of methoxy groups -OCH3 is 1. The molecule has 0 spiro atoms. The van der Waals surface area contributed by atoms with Gasteiger partial charge in [0.05, 0.1) is 13.2 Å². The molecule has 3 heteroatoms. The number of benzene rings is 1. The van der Waals surface area contributed by atoms with Crippen LogP contribution in [-0.2, 0) is 0 Å². The summed E-state index contributed by atoms with van der Waals surface area (Å²) < 4.78 is 5.43. The minimum atomic E-state index is 0.0687. The average molecular weight is 246 g/mol. The van der Waals surface area contributed by atoms with Crippen LogP contribution in [-0.4, -0.2) is 7.11 Å². The first kappa shape index (κ1) is 13.1. The fourth-order valence-corrected chi connectivity index (χ4v) is 2.60. The molecule has 0 aliphatic heterocycles. The maximum Gasteiger partial charge on any atom is 0.124 e. The summed E-state index contributed by atoms with van der Waals surface area (Å²) in [6, 6.07) is 8.14. The Bertz CT molecular complexity index is 415. The molecule has 0 heterocycles. The van der Waals surface area contributed by atoms with Crippen molar-refractivity contribution >= 4 is 0 Å². The Morgan fingerprint density at radius 1 is 1.22 bits per heavy atom. The SMILES string of the molecule is COc1ccccc1C(NN)C1=CCCCCC1. The number of para-hydroxylation sites is 1. The third-order valence-corrected chi connectivity index (χ3v) is 3.56. The van der Waals surface area contributed by atoms with Crippen LogP contribution in [0.25, 0.3) is 0 Å². The summed E-state index contributed by atoms with van der Waals surface area (Å²) in [4.78, 5) is 0. The smallest absolute Gasteiger partial charge is 0.124 e. The van der Waals surface area contributed by atoms with Gasteiger partial charge in [0.1, 0.15) is 5.75 Å². The predicted octanol–water partition coefficient (Wildman–Crippen LogP) is 3.09. The Morgan fingerprint density at radius 3 is 2.83 bits per heavy atom. The molecule has 3 N–H and O–H groups in total. The third-order valence-electron chi connectivity index (χ3n) is 3.56. The fourth-order valence-electron chi connectivity index (χ4n) is 2.60. The van der Waals surface area contributed by atoms with Gasteiger partial charge in [-0.1, -0.05) is 36.3 Å². The van der Waals surface area contributed by atoms with Gasteiger partial charge in [-0.25, -0.2) is 5.43 Å². The van der Waals surface area contributed by atoms with Gasteiger partial charge in [0.15, 0.2) is 0 Å². The fraction of sp³-hybridized carbons (Fsp3) is 0.467. The van der Waals surface area contributed by atoms with Gasteiger partial charge in [-0.15, -0.1) is 0 Å². The highest BCUT2D eigenvalue weighted by atomic mass is 16.5. The summed E-state index contributed by atoms with van der Waals surface area (Å²) >= 11 is 0. The van der Waals surface area contributed by atoms with Crippen molar-refractivity contribution in [1.82, 2.24) is 5.43 Å². The molecule has 1 unspecified atom stereocenters. The van der Waals surface area contributed by atoms with E-state index in [0.717, 1.165) is 24.2 Å². The van der Waals surface area contributed by atoms with Gasteiger partial charge in [-0.05, 0) is 31.7 Å². The average Bonchev–Trinajstić information content (AvgIpc) is 2.69. The van der Waals surface area contributed by atoms with Crippen LogP contribution in [0.3, 0.4) is 0 Å². The summed E-state index contributed by atoms with van der Waals surface area (Å²) in [6.07, 6.45) is 8.45. The van der Waals surface area contributed by atoms with Crippen molar-refractivity contribution in [3.8, 4) is 5.75 Å². The molecule has 2 rings (SSSR count). The van der Waals surface area contributed by atoms with Gasteiger partial charge >= 0.3 is 0 Å². The van der Waals surface area contributed by atoms with E-state index in [0.29, 0.717) is 0 Å². The lowest BCUT2D eigenvalue weighted by molar-refractivity contribution is 0.403. The van der Waals surface area contributed by atoms with Crippen molar-refractivity contribution in [2.45, 2.75) is 38.1 Å². The van der Waals surface area contributed by atoms with Crippen molar-refractivity contribution in [3.05, 3.63) is 41.5 Å². The molecule has 1 aliphatic rings. The highest BCUT2D eigenvalue weighted by molar-refractivity contribution is 5.40. The molecular formula is C15H22N2O. The highest BCUT2D eigenvalue weighted by Gasteiger charge is 2.19. The Labute approximate surface area is 109 Å². The summed E-state index contributed by atoms with van der Waals surface area (Å²) in [6.45, 7) is 0. The Morgan fingerprint density at radius 2 is 2.06 bits per heavy atom. The van der Waals surface area contributed by atoms with E-state index < -0.39 is 0 Å². The molecule has 0 bridgehead atoms. The van der Waals surface area contributed by atoms with E-state index in [9.17, 15) is 0 Å². The number of nitrogens with one attached hydrogen (secondary N) is 1. The molecule has 0 fully saturated rings. The maximum absolute atomic E-state index is 5.76. The first-order valence-electron chi connectivity index (χ1n) is 6.64. The summed E-state index contributed by atoms with van der Waals surface area (Å²) in [5.74, 6) is 6.66. The number of rotatable bonds is 4. The van der Waals surface area contributed by atoms with Crippen LogP contribution in [0.2, 0.25) is 0 Å². The summed E-state index contributed by atoms with van der Waals surface area (Å²) in [5.41, 5.74) is 5.45. The van der Waals surface area contributed by atoms with Crippen LogP contribution in [0.4, 0.5) is 0 Å². The number of allylic oxidation sites excluding steroid dienone is 1. The van der Waals surface area contributed by atoms with E-state index in [4.69, 9.17) is 10.6 Å². The second kappa shape index (κ2) is 6.57. The van der Waals surface area contributed by atoms with Crippen molar-refractivity contribution in [1.29, 1.82) is 0 Å². The first-order valence-corrected chi connectivity index (χ1v) is 6.64. The van der Waals surface area contributed by atoms with Crippen LogP contribution >= 0.6 is 0 Å². The molecular weight excluding hydrogens is 224 g/mol. The van der Waals surface area contributed by atoms with Gasteiger partial charge < -0.3 is 4.74 Å². The number of ether oxygens (including phenoxy) is 1. The van der Waals surface area contributed by atoms with Gasteiger partial charge in [0.25, 0.3) is 0 Å². The number of hydrazine groups is 1. The number of nitrogens with two attached hydrogens (primary N) is 1. The van der Waals surface area contributed by atoms with Crippen molar-refractivity contribution < 1.29 is 4.74 Å². The number of hydrogen-bond acceptors (Lipinski definition) is 3. The van der Waals surface area contributed by atoms with Crippen LogP contribution < -0.4 is 16.0 Å². The molecule has 3 nitrogen and oxygen atoms in total. The van der Waals surface area contributed by atoms with Crippen LogP contribution in [0.5, 0.6) is 5.75 Å². The van der Waals surface area contributed by atoms with Crippen LogP contribution in [0.15, 0.2) is 35.9 Å². The molecule has 0 radical (unpaired) electrons. The zero-order valence-corrected chi connectivity index (χ0v) is 11.0. The van der Waals surface area contributed by atoms with Crippen LogP contribution in [0.1, 0.15) is 43.7 Å². The van der Waals surface area contributed by atoms with Crippen molar-refractivity contribution in [3.63, 3.8) is 0 Å². The lowest BCUT2D eigenvalue weighted by Gasteiger charge is -2.21. The number of hydrogen-bond donors (Lipinski definition) is 2. The quantitative estimate of drug-likeness (QED) is 0.487. The molecule has 0 amide bonds. The largest absolute Gasteiger partial charge is 0.496 e. The standard InChI is InChI=1S/C15H22N2O/c1-18-14-11-7-6-10-13(14)15(17-16)12-8-4-2-3-5-9-12/h6-8,10-11,15,17H,2-5,9,16H2,1H3. The van der Waals surface area contributed by atoms with Gasteiger partial charge in [-0.2, -0.15) is 0 Å². The normalized spacial score (nSPS) is 17.8. The Hall–Kier alpha value is -1.32. The Kier molecular flexibility index (Phi) is 4.79. The molecule has 1 atom stereocenters. The summed E-state index contributed by atoms with van der Waals surface area (Å²) in [5, 5.41) is 0. The maximum atomic E-state index is 5.76. The molecule has 18 heavy (non-hydrogen) atoms. The van der Waals surface area contributed by atoms with E-state index in [1.54, 1.807) is 7.11 Å². The van der Waals surface area contributed by atoms with Gasteiger partial charge in [0, 0.05) is 5.56 Å². The zero-order chi connectivity index (χ0) is 12.8. The zero-order valence-electron chi connectivity index (χ0n) is 11.0. The molecule has 98 valence electrons. The van der Waals surface area contributed by atoms with Gasteiger partial charge in [0.2, 0.25) is 0 Å². The minimum absolute atomic E-state index is 0.0687. The topological polar surface area (TPSA) is 47.3 Å². The lowest BCUT2D eigenvalue weighted by atomic mass is 9.95. The van der Waals surface area contributed by atoms with Crippen molar-refractivity contribution in [2.24, 2.45) is 5.84 Å². The van der Waals surface area contributed by atoms with E-state index in [1.807, 2.05) is 18.2 Å². The molecule has 0 saturated heterocycles.